The molecule has 0 aromatic heterocycles. The lowest BCUT2D eigenvalue weighted by molar-refractivity contribution is -0.122. The number of anilines is 2. The maximum absolute atomic E-state index is 13.7. The van der Waals surface area contributed by atoms with Crippen LogP contribution in [0.15, 0.2) is 77.7 Å². The van der Waals surface area contributed by atoms with Crippen LogP contribution in [0.1, 0.15) is 12.5 Å². The van der Waals surface area contributed by atoms with Crippen LogP contribution in [0.5, 0.6) is 5.75 Å². The number of aryl methyl sites for hydroxylation is 1. The van der Waals surface area contributed by atoms with Crippen molar-refractivity contribution in [3.8, 4) is 5.75 Å². The second-order valence-corrected chi connectivity index (χ2v) is 8.35. The minimum Gasteiger partial charge on any atom is -0.481 e. The summed E-state index contributed by atoms with van der Waals surface area (Å²) in [6.45, 7) is 3.57. The molecule has 0 aliphatic carbocycles. The first-order valence-corrected chi connectivity index (χ1v) is 10.6. The normalized spacial score (nSPS) is 12.1. The largest absolute Gasteiger partial charge is 0.481 e. The van der Waals surface area contributed by atoms with Gasteiger partial charge in [-0.3, -0.25) is 9.52 Å². The summed E-state index contributed by atoms with van der Waals surface area (Å²) in [4.78, 5) is 12.3. The fraction of sp³-hybridized carbons (Fsp3) is 0.136. The molecule has 6 nitrogen and oxygen atoms in total. The Morgan fingerprint density at radius 3 is 2.23 bits per heavy atom. The SMILES string of the molecule is Cc1ccc(O[C@H](C)C(=O)Nc2ccc(S(=O)(=O)Nc3ccccc3F)cc2)cc1. The van der Waals surface area contributed by atoms with Gasteiger partial charge in [0, 0.05) is 5.69 Å². The number of rotatable bonds is 7. The summed E-state index contributed by atoms with van der Waals surface area (Å²) in [6.07, 6.45) is -0.751. The van der Waals surface area contributed by atoms with Gasteiger partial charge in [-0.25, -0.2) is 12.8 Å². The second-order valence-electron chi connectivity index (χ2n) is 6.67. The number of carbonyl (C=O) groups is 1. The van der Waals surface area contributed by atoms with Crippen molar-refractivity contribution in [2.24, 2.45) is 0 Å². The van der Waals surface area contributed by atoms with E-state index in [1.165, 1.54) is 42.5 Å². The maximum Gasteiger partial charge on any atom is 0.265 e. The van der Waals surface area contributed by atoms with E-state index in [1.807, 2.05) is 19.1 Å². The van der Waals surface area contributed by atoms with Gasteiger partial charge in [0.2, 0.25) is 0 Å². The standard InChI is InChI=1S/C22H21FN2O4S/c1-15-7-11-18(12-8-15)29-16(2)22(26)24-17-9-13-19(14-10-17)30(27,28)25-21-6-4-3-5-20(21)23/h3-14,16,25H,1-2H3,(H,24,26)/t16-/m1/s1. The Hall–Kier alpha value is -3.39. The molecule has 156 valence electrons. The number of nitrogens with one attached hydrogen (secondary N) is 2. The van der Waals surface area contributed by atoms with Crippen LogP contribution in [-0.2, 0) is 14.8 Å². The molecule has 0 unspecified atom stereocenters. The van der Waals surface area contributed by atoms with E-state index in [0.717, 1.165) is 11.6 Å². The predicted octanol–water partition coefficient (Wildman–Crippen LogP) is 4.34. The van der Waals surface area contributed by atoms with Gasteiger partial charge in [-0.2, -0.15) is 0 Å². The zero-order valence-electron chi connectivity index (χ0n) is 16.4. The highest BCUT2D eigenvalue weighted by molar-refractivity contribution is 7.92. The smallest absolute Gasteiger partial charge is 0.265 e. The number of para-hydroxylation sites is 1. The number of halogens is 1. The molecule has 0 saturated carbocycles. The molecule has 3 aromatic carbocycles. The fourth-order valence-electron chi connectivity index (χ4n) is 2.58. The van der Waals surface area contributed by atoms with Crippen molar-refractivity contribution in [3.63, 3.8) is 0 Å². The molecule has 0 saturated heterocycles. The van der Waals surface area contributed by atoms with E-state index in [-0.39, 0.29) is 16.5 Å². The first-order valence-electron chi connectivity index (χ1n) is 9.16. The molecule has 0 bridgehead atoms. The molecular weight excluding hydrogens is 407 g/mol. The molecule has 30 heavy (non-hydrogen) atoms. The predicted molar refractivity (Wildman–Crippen MR) is 114 cm³/mol. The van der Waals surface area contributed by atoms with Crippen molar-refractivity contribution >= 4 is 27.3 Å². The minimum atomic E-state index is -3.97. The van der Waals surface area contributed by atoms with E-state index in [4.69, 9.17) is 4.74 Å². The molecule has 3 aromatic rings. The number of ether oxygens (including phenoxy) is 1. The van der Waals surface area contributed by atoms with Crippen molar-refractivity contribution in [3.05, 3.63) is 84.2 Å². The molecule has 0 radical (unpaired) electrons. The highest BCUT2D eigenvalue weighted by Crippen LogP contribution is 2.21. The summed E-state index contributed by atoms with van der Waals surface area (Å²) in [5, 5.41) is 2.67. The van der Waals surface area contributed by atoms with Crippen molar-refractivity contribution < 1.29 is 22.3 Å². The molecular formula is C22H21FN2O4S. The molecule has 0 heterocycles. The first-order chi connectivity index (χ1) is 14.2. The summed E-state index contributed by atoms with van der Waals surface area (Å²) in [5.74, 6) is -0.480. The van der Waals surface area contributed by atoms with Crippen LogP contribution in [-0.4, -0.2) is 20.4 Å². The number of hydrogen-bond donors (Lipinski definition) is 2. The lowest BCUT2D eigenvalue weighted by Gasteiger charge is -2.15. The molecule has 2 N–H and O–H groups in total. The highest BCUT2D eigenvalue weighted by Gasteiger charge is 2.18. The van der Waals surface area contributed by atoms with Crippen LogP contribution in [0, 0.1) is 12.7 Å². The molecule has 0 aliphatic heterocycles. The average molecular weight is 428 g/mol. The van der Waals surface area contributed by atoms with E-state index in [9.17, 15) is 17.6 Å². The van der Waals surface area contributed by atoms with Crippen molar-refractivity contribution in [2.75, 3.05) is 10.0 Å². The summed E-state index contributed by atoms with van der Waals surface area (Å²) in [5.41, 5.74) is 1.35. The lowest BCUT2D eigenvalue weighted by Crippen LogP contribution is -2.30. The van der Waals surface area contributed by atoms with Gasteiger partial charge in [-0.15, -0.1) is 0 Å². The average Bonchev–Trinajstić information content (AvgIpc) is 2.71. The van der Waals surface area contributed by atoms with Gasteiger partial charge in [0.15, 0.2) is 6.10 Å². The van der Waals surface area contributed by atoms with Gasteiger partial charge < -0.3 is 10.1 Å². The molecule has 8 heteroatoms. The van der Waals surface area contributed by atoms with Crippen LogP contribution in [0.25, 0.3) is 0 Å². The topological polar surface area (TPSA) is 84.5 Å². The van der Waals surface area contributed by atoms with Gasteiger partial charge >= 0.3 is 0 Å². The summed E-state index contributed by atoms with van der Waals surface area (Å²) >= 11 is 0. The highest BCUT2D eigenvalue weighted by atomic mass is 32.2. The molecule has 0 aliphatic rings. The lowest BCUT2D eigenvalue weighted by atomic mass is 10.2. The number of carbonyl (C=O) groups excluding carboxylic acids is 1. The minimum absolute atomic E-state index is 0.0623. The van der Waals surface area contributed by atoms with Crippen molar-refractivity contribution in [1.29, 1.82) is 0 Å². The summed E-state index contributed by atoms with van der Waals surface area (Å²) in [7, 11) is -3.97. The molecule has 0 spiro atoms. The third-order valence-corrected chi connectivity index (χ3v) is 5.63. The Labute approximate surface area is 174 Å². The Morgan fingerprint density at radius 2 is 1.60 bits per heavy atom. The van der Waals surface area contributed by atoms with Crippen molar-refractivity contribution in [2.45, 2.75) is 24.8 Å². The van der Waals surface area contributed by atoms with E-state index in [1.54, 1.807) is 19.1 Å². The summed E-state index contributed by atoms with van der Waals surface area (Å²) in [6, 6.07) is 18.4. The first kappa shape index (κ1) is 21.3. The quantitative estimate of drug-likeness (QED) is 0.586. The second kappa shape index (κ2) is 8.96. The number of hydrogen-bond acceptors (Lipinski definition) is 4. The third-order valence-electron chi connectivity index (χ3n) is 4.25. The Morgan fingerprint density at radius 1 is 0.967 bits per heavy atom. The Bertz CT molecular complexity index is 1130. The van der Waals surface area contributed by atoms with Gasteiger partial charge in [-0.05, 0) is 62.4 Å². The van der Waals surface area contributed by atoms with Crippen LogP contribution >= 0.6 is 0 Å². The van der Waals surface area contributed by atoms with Gasteiger partial charge in [0.25, 0.3) is 15.9 Å². The number of amides is 1. The third kappa shape index (κ3) is 5.36. The fourth-order valence-corrected chi connectivity index (χ4v) is 3.65. The Kier molecular flexibility index (Phi) is 6.37. The van der Waals surface area contributed by atoms with Crippen LogP contribution in [0.2, 0.25) is 0 Å². The van der Waals surface area contributed by atoms with Gasteiger partial charge in [0.05, 0.1) is 10.6 Å². The van der Waals surface area contributed by atoms with E-state index < -0.39 is 21.9 Å². The monoisotopic (exact) mass is 428 g/mol. The van der Waals surface area contributed by atoms with Gasteiger partial charge in [0.1, 0.15) is 11.6 Å². The van der Waals surface area contributed by atoms with E-state index in [2.05, 4.69) is 10.0 Å². The van der Waals surface area contributed by atoms with E-state index >= 15 is 0 Å². The molecule has 1 atom stereocenters. The molecule has 1 amide bonds. The maximum atomic E-state index is 13.7. The zero-order chi connectivity index (χ0) is 21.7. The number of benzene rings is 3. The zero-order valence-corrected chi connectivity index (χ0v) is 17.2. The summed E-state index contributed by atoms with van der Waals surface area (Å²) < 4.78 is 46.4. The molecule has 3 rings (SSSR count). The van der Waals surface area contributed by atoms with Crippen LogP contribution < -0.4 is 14.8 Å². The van der Waals surface area contributed by atoms with Crippen LogP contribution in [0.3, 0.4) is 0 Å². The van der Waals surface area contributed by atoms with Crippen LogP contribution in [0.4, 0.5) is 15.8 Å². The van der Waals surface area contributed by atoms with Crippen molar-refractivity contribution in [1.82, 2.24) is 0 Å². The Balaban J connectivity index is 1.64. The van der Waals surface area contributed by atoms with E-state index in [0.29, 0.717) is 11.4 Å². The number of sulfonamides is 1. The molecule has 0 fully saturated rings. The van der Waals surface area contributed by atoms with Gasteiger partial charge in [-0.1, -0.05) is 29.8 Å².